The van der Waals surface area contributed by atoms with Crippen molar-refractivity contribution in [3.05, 3.63) is 47.5 Å². The van der Waals surface area contributed by atoms with Gasteiger partial charge in [0, 0.05) is 44.6 Å². The lowest BCUT2D eigenvalue weighted by atomic mass is 10.1. The molecule has 108 valence electrons. The molecule has 0 unspecified atom stereocenters. The summed E-state index contributed by atoms with van der Waals surface area (Å²) in [6.07, 6.45) is 3.84. The molecule has 0 radical (unpaired) electrons. The SMILES string of the molecule is CCNCc1cc(F)ccc1N(C)Cc1cnn(C)c1. The third-order valence-electron chi connectivity index (χ3n) is 3.20. The molecule has 0 spiro atoms. The van der Waals surface area contributed by atoms with Gasteiger partial charge in [-0.3, -0.25) is 4.68 Å². The Bertz CT molecular complexity index is 565. The van der Waals surface area contributed by atoms with Crippen molar-refractivity contribution in [1.29, 1.82) is 0 Å². The predicted molar refractivity (Wildman–Crippen MR) is 79.1 cm³/mol. The average molecular weight is 276 g/mol. The highest BCUT2D eigenvalue weighted by Gasteiger charge is 2.10. The molecule has 1 aromatic carbocycles. The Hall–Kier alpha value is -1.88. The molecule has 0 saturated carbocycles. The highest BCUT2D eigenvalue weighted by atomic mass is 19.1. The van der Waals surface area contributed by atoms with Crippen LogP contribution in [0.1, 0.15) is 18.1 Å². The molecule has 2 aromatic rings. The number of hydrogen-bond acceptors (Lipinski definition) is 3. The summed E-state index contributed by atoms with van der Waals surface area (Å²) in [4.78, 5) is 2.11. The average Bonchev–Trinajstić information content (AvgIpc) is 2.81. The van der Waals surface area contributed by atoms with E-state index in [0.29, 0.717) is 6.54 Å². The van der Waals surface area contributed by atoms with Gasteiger partial charge in [0.05, 0.1) is 6.20 Å². The summed E-state index contributed by atoms with van der Waals surface area (Å²) in [5, 5.41) is 7.41. The lowest BCUT2D eigenvalue weighted by molar-refractivity contribution is 0.621. The fraction of sp³-hybridized carbons (Fsp3) is 0.400. The third-order valence-corrected chi connectivity index (χ3v) is 3.20. The van der Waals surface area contributed by atoms with E-state index in [0.717, 1.165) is 29.9 Å². The Morgan fingerprint density at radius 1 is 1.40 bits per heavy atom. The Labute approximate surface area is 119 Å². The van der Waals surface area contributed by atoms with Crippen LogP contribution in [0.4, 0.5) is 10.1 Å². The summed E-state index contributed by atoms with van der Waals surface area (Å²) in [5.41, 5.74) is 3.14. The van der Waals surface area contributed by atoms with Crippen molar-refractivity contribution < 1.29 is 4.39 Å². The number of nitrogens with zero attached hydrogens (tertiary/aromatic N) is 3. The topological polar surface area (TPSA) is 33.1 Å². The van der Waals surface area contributed by atoms with Gasteiger partial charge in [0.15, 0.2) is 0 Å². The number of aryl methyl sites for hydroxylation is 1. The first-order valence-electron chi connectivity index (χ1n) is 6.78. The lowest BCUT2D eigenvalue weighted by Crippen LogP contribution is -2.20. The van der Waals surface area contributed by atoms with Crippen LogP contribution < -0.4 is 10.2 Å². The second-order valence-corrected chi connectivity index (χ2v) is 4.93. The van der Waals surface area contributed by atoms with Crippen LogP contribution in [0, 0.1) is 5.82 Å². The zero-order valence-corrected chi connectivity index (χ0v) is 12.2. The van der Waals surface area contributed by atoms with Crippen LogP contribution in [0.3, 0.4) is 0 Å². The highest BCUT2D eigenvalue weighted by Crippen LogP contribution is 2.22. The van der Waals surface area contributed by atoms with E-state index < -0.39 is 0 Å². The smallest absolute Gasteiger partial charge is 0.123 e. The molecule has 4 nitrogen and oxygen atoms in total. The zero-order valence-electron chi connectivity index (χ0n) is 12.2. The molecular formula is C15H21FN4. The minimum absolute atomic E-state index is 0.198. The van der Waals surface area contributed by atoms with E-state index in [-0.39, 0.29) is 5.82 Å². The summed E-state index contributed by atoms with van der Waals surface area (Å²) in [6, 6.07) is 4.93. The molecule has 5 heteroatoms. The van der Waals surface area contributed by atoms with Gasteiger partial charge in [-0.05, 0) is 30.3 Å². The van der Waals surface area contributed by atoms with Crippen molar-refractivity contribution in [3.8, 4) is 0 Å². The van der Waals surface area contributed by atoms with Crippen LogP contribution in [0.25, 0.3) is 0 Å². The normalized spacial score (nSPS) is 10.8. The molecule has 0 aliphatic carbocycles. The highest BCUT2D eigenvalue weighted by molar-refractivity contribution is 5.53. The fourth-order valence-corrected chi connectivity index (χ4v) is 2.24. The Balaban J connectivity index is 2.17. The summed E-state index contributed by atoms with van der Waals surface area (Å²) in [5.74, 6) is -0.198. The molecule has 1 N–H and O–H groups in total. The second-order valence-electron chi connectivity index (χ2n) is 4.93. The van der Waals surface area contributed by atoms with Crippen molar-refractivity contribution in [2.75, 3.05) is 18.5 Å². The Morgan fingerprint density at radius 3 is 2.85 bits per heavy atom. The van der Waals surface area contributed by atoms with Crippen molar-refractivity contribution in [2.24, 2.45) is 7.05 Å². The van der Waals surface area contributed by atoms with Gasteiger partial charge in [-0.15, -0.1) is 0 Å². The number of halogens is 1. The maximum Gasteiger partial charge on any atom is 0.123 e. The van der Waals surface area contributed by atoms with Gasteiger partial charge in [-0.2, -0.15) is 5.10 Å². The molecule has 1 aromatic heterocycles. The quantitative estimate of drug-likeness (QED) is 0.879. The Kier molecular flexibility index (Phi) is 4.74. The maximum atomic E-state index is 13.4. The van der Waals surface area contributed by atoms with E-state index in [1.54, 1.807) is 10.7 Å². The van der Waals surface area contributed by atoms with Crippen molar-refractivity contribution >= 4 is 5.69 Å². The van der Waals surface area contributed by atoms with Crippen LogP contribution in [-0.4, -0.2) is 23.4 Å². The number of nitrogens with one attached hydrogen (secondary N) is 1. The maximum absolute atomic E-state index is 13.4. The van der Waals surface area contributed by atoms with Crippen molar-refractivity contribution in [1.82, 2.24) is 15.1 Å². The zero-order chi connectivity index (χ0) is 14.5. The first-order chi connectivity index (χ1) is 9.60. The first-order valence-corrected chi connectivity index (χ1v) is 6.78. The fourth-order valence-electron chi connectivity index (χ4n) is 2.24. The van der Waals surface area contributed by atoms with E-state index in [2.05, 4.69) is 15.3 Å². The summed E-state index contributed by atoms with van der Waals surface area (Å²) in [7, 11) is 3.91. The molecule has 20 heavy (non-hydrogen) atoms. The molecular weight excluding hydrogens is 255 g/mol. The summed E-state index contributed by atoms with van der Waals surface area (Å²) < 4.78 is 15.2. The molecule has 0 bridgehead atoms. The summed E-state index contributed by atoms with van der Waals surface area (Å²) >= 11 is 0. The molecule has 0 aliphatic heterocycles. The van der Waals surface area contributed by atoms with Gasteiger partial charge in [0.1, 0.15) is 5.82 Å². The molecule has 2 rings (SSSR count). The molecule has 0 saturated heterocycles. The molecule has 1 heterocycles. The number of hydrogen-bond donors (Lipinski definition) is 1. The molecule has 0 amide bonds. The van der Waals surface area contributed by atoms with Gasteiger partial charge in [-0.25, -0.2) is 4.39 Å². The number of benzene rings is 1. The first kappa shape index (κ1) is 14.5. The van der Waals surface area contributed by atoms with Gasteiger partial charge < -0.3 is 10.2 Å². The molecule has 0 atom stereocenters. The van der Waals surface area contributed by atoms with Crippen molar-refractivity contribution in [3.63, 3.8) is 0 Å². The van der Waals surface area contributed by atoms with E-state index in [4.69, 9.17) is 0 Å². The van der Waals surface area contributed by atoms with E-state index in [9.17, 15) is 4.39 Å². The largest absolute Gasteiger partial charge is 0.370 e. The lowest BCUT2D eigenvalue weighted by Gasteiger charge is -2.22. The van der Waals surface area contributed by atoms with Gasteiger partial charge in [0.2, 0.25) is 0 Å². The van der Waals surface area contributed by atoms with Crippen LogP contribution in [0.2, 0.25) is 0 Å². The standard InChI is InChI=1S/C15H21FN4/c1-4-17-9-13-7-14(16)5-6-15(13)19(2)10-12-8-18-20(3)11-12/h5-8,11,17H,4,9-10H2,1-3H3. The monoisotopic (exact) mass is 276 g/mol. The number of rotatable bonds is 6. The minimum atomic E-state index is -0.198. The Morgan fingerprint density at radius 2 is 2.20 bits per heavy atom. The van der Waals surface area contributed by atoms with Gasteiger partial charge in [-0.1, -0.05) is 6.92 Å². The van der Waals surface area contributed by atoms with Crippen molar-refractivity contribution in [2.45, 2.75) is 20.0 Å². The van der Waals surface area contributed by atoms with Crippen LogP contribution >= 0.6 is 0 Å². The number of anilines is 1. The van der Waals surface area contributed by atoms with Crippen LogP contribution in [-0.2, 0) is 20.1 Å². The predicted octanol–water partition coefficient (Wildman–Crippen LogP) is 2.31. The third kappa shape index (κ3) is 3.57. The molecule has 0 fully saturated rings. The van der Waals surface area contributed by atoms with E-state index >= 15 is 0 Å². The minimum Gasteiger partial charge on any atom is -0.370 e. The second kappa shape index (κ2) is 6.52. The molecule has 0 aliphatic rings. The van der Waals surface area contributed by atoms with Crippen LogP contribution in [0.15, 0.2) is 30.6 Å². The summed E-state index contributed by atoms with van der Waals surface area (Å²) in [6.45, 7) is 4.32. The van der Waals surface area contributed by atoms with Gasteiger partial charge >= 0.3 is 0 Å². The van der Waals surface area contributed by atoms with Crippen LogP contribution in [0.5, 0.6) is 0 Å². The van der Waals surface area contributed by atoms with Gasteiger partial charge in [0.25, 0.3) is 0 Å². The number of aromatic nitrogens is 2. The van der Waals surface area contributed by atoms with E-state index in [1.165, 1.54) is 6.07 Å². The van der Waals surface area contributed by atoms with E-state index in [1.807, 2.05) is 39.5 Å².